The van der Waals surface area contributed by atoms with E-state index in [4.69, 9.17) is 9.72 Å². The van der Waals surface area contributed by atoms with E-state index in [1.807, 2.05) is 37.3 Å². The molecule has 4 atom stereocenters. The maximum absolute atomic E-state index is 12.7. The van der Waals surface area contributed by atoms with E-state index in [-0.39, 0.29) is 24.2 Å². The van der Waals surface area contributed by atoms with Crippen LogP contribution in [0.1, 0.15) is 31.3 Å². The summed E-state index contributed by atoms with van der Waals surface area (Å²) >= 11 is 1.73. The van der Waals surface area contributed by atoms with Crippen LogP contribution in [-0.4, -0.2) is 42.2 Å². The number of fused-ring (bicyclic) bond motifs is 1. The van der Waals surface area contributed by atoms with Gasteiger partial charge in [0.25, 0.3) is 5.91 Å². The summed E-state index contributed by atoms with van der Waals surface area (Å²) in [4.78, 5) is 18.7. The number of thiazole rings is 1. The van der Waals surface area contributed by atoms with Gasteiger partial charge < -0.3 is 15.0 Å². The standard InChI is InChI=1S/C23H27N3O2S/c1-15-13-26(14-16(2)28-15)17(3)23(27)24-19-10-8-18(9-11-19)12-22-25-20-6-4-5-7-21(20)29-22/h4-11,15-17H,12-14H2,1-3H3,(H,24,27)/p+1/t15-,16+,17-/m0/s1. The molecule has 152 valence electrons. The van der Waals surface area contributed by atoms with Crippen molar-refractivity contribution in [2.75, 3.05) is 18.4 Å². The molecule has 1 unspecified atom stereocenters. The van der Waals surface area contributed by atoms with Crippen molar-refractivity contribution in [2.24, 2.45) is 0 Å². The van der Waals surface area contributed by atoms with E-state index >= 15 is 0 Å². The molecule has 1 aromatic heterocycles. The fourth-order valence-electron chi connectivity index (χ4n) is 3.98. The van der Waals surface area contributed by atoms with Crippen molar-refractivity contribution in [2.45, 2.75) is 45.4 Å². The molecule has 0 bridgehead atoms. The number of benzene rings is 2. The van der Waals surface area contributed by atoms with Gasteiger partial charge in [0.1, 0.15) is 25.3 Å². The van der Waals surface area contributed by atoms with Gasteiger partial charge in [-0.2, -0.15) is 0 Å². The monoisotopic (exact) mass is 410 g/mol. The summed E-state index contributed by atoms with van der Waals surface area (Å²) in [6, 6.07) is 16.2. The van der Waals surface area contributed by atoms with Crippen LogP contribution in [0.5, 0.6) is 0 Å². The number of anilines is 1. The molecule has 1 saturated heterocycles. The first-order chi connectivity index (χ1) is 14.0. The molecule has 1 amide bonds. The molecule has 29 heavy (non-hydrogen) atoms. The van der Waals surface area contributed by atoms with Crippen molar-refractivity contribution in [3.05, 3.63) is 59.1 Å². The van der Waals surface area contributed by atoms with Crippen LogP contribution >= 0.6 is 11.3 Å². The molecule has 6 heteroatoms. The number of amides is 1. The molecule has 2 aromatic carbocycles. The quantitative estimate of drug-likeness (QED) is 0.680. The molecule has 3 aromatic rings. The van der Waals surface area contributed by atoms with E-state index < -0.39 is 0 Å². The lowest BCUT2D eigenvalue weighted by Gasteiger charge is -2.35. The van der Waals surface area contributed by atoms with Gasteiger partial charge in [0.05, 0.1) is 15.2 Å². The van der Waals surface area contributed by atoms with Gasteiger partial charge in [-0.05, 0) is 50.6 Å². The lowest BCUT2D eigenvalue weighted by atomic mass is 10.1. The number of nitrogens with zero attached hydrogens (tertiary/aromatic N) is 1. The molecule has 0 radical (unpaired) electrons. The Kier molecular flexibility index (Phi) is 5.94. The third-order valence-corrected chi connectivity index (χ3v) is 6.52. The minimum Gasteiger partial charge on any atom is -0.364 e. The molecule has 2 heterocycles. The summed E-state index contributed by atoms with van der Waals surface area (Å²) in [6.45, 7) is 7.87. The Morgan fingerprint density at radius 1 is 1.17 bits per heavy atom. The smallest absolute Gasteiger partial charge is 0.282 e. The highest BCUT2D eigenvalue weighted by Gasteiger charge is 2.32. The van der Waals surface area contributed by atoms with Crippen LogP contribution in [-0.2, 0) is 16.0 Å². The zero-order valence-corrected chi connectivity index (χ0v) is 18.0. The van der Waals surface area contributed by atoms with Crippen LogP contribution < -0.4 is 10.2 Å². The molecular weight excluding hydrogens is 382 g/mol. The number of nitrogens with one attached hydrogen (secondary N) is 2. The van der Waals surface area contributed by atoms with E-state index in [0.29, 0.717) is 0 Å². The first-order valence-electron chi connectivity index (χ1n) is 10.2. The topological polar surface area (TPSA) is 55.7 Å². The first kappa shape index (κ1) is 20.0. The summed E-state index contributed by atoms with van der Waals surface area (Å²) in [5, 5.41) is 4.17. The number of hydrogen-bond donors (Lipinski definition) is 2. The molecule has 0 aliphatic carbocycles. The highest BCUT2D eigenvalue weighted by molar-refractivity contribution is 7.18. The number of aromatic nitrogens is 1. The second kappa shape index (κ2) is 8.61. The molecule has 5 nitrogen and oxygen atoms in total. The van der Waals surface area contributed by atoms with Crippen molar-refractivity contribution in [1.29, 1.82) is 0 Å². The van der Waals surface area contributed by atoms with Gasteiger partial charge in [0, 0.05) is 12.1 Å². The van der Waals surface area contributed by atoms with Crippen molar-refractivity contribution < 1.29 is 14.4 Å². The van der Waals surface area contributed by atoms with E-state index in [2.05, 4.69) is 37.4 Å². The van der Waals surface area contributed by atoms with Gasteiger partial charge in [0.15, 0.2) is 6.04 Å². The summed E-state index contributed by atoms with van der Waals surface area (Å²) < 4.78 is 7.01. The zero-order valence-electron chi connectivity index (χ0n) is 17.1. The Bertz CT molecular complexity index is 942. The van der Waals surface area contributed by atoms with Gasteiger partial charge in [-0.15, -0.1) is 11.3 Å². The van der Waals surface area contributed by atoms with Crippen molar-refractivity contribution in [1.82, 2.24) is 4.98 Å². The molecule has 0 spiro atoms. The predicted octanol–water partition coefficient (Wildman–Crippen LogP) is 2.91. The number of ether oxygens (including phenoxy) is 1. The summed E-state index contributed by atoms with van der Waals surface area (Å²) in [5.74, 6) is 0.0558. The Morgan fingerprint density at radius 3 is 2.55 bits per heavy atom. The molecule has 4 rings (SSSR count). The molecule has 1 fully saturated rings. The van der Waals surface area contributed by atoms with Crippen LogP contribution in [0.2, 0.25) is 0 Å². The molecule has 0 saturated carbocycles. The lowest BCUT2D eigenvalue weighted by Crippen LogP contribution is -3.19. The van der Waals surface area contributed by atoms with Gasteiger partial charge in [-0.25, -0.2) is 4.98 Å². The SMILES string of the molecule is C[C@@H]1C[NH+]([C@@H](C)C(=O)Nc2ccc(Cc3nc4ccccc4s3)cc2)C[C@H](C)O1. The van der Waals surface area contributed by atoms with E-state index in [1.165, 1.54) is 15.2 Å². The third-order valence-electron chi connectivity index (χ3n) is 5.48. The van der Waals surface area contributed by atoms with E-state index in [0.717, 1.165) is 35.7 Å². The number of carbonyl (C=O) groups is 1. The molecular formula is C23H28N3O2S+. The average molecular weight is 411 g/mol. The van der Waals surface area contributed by atoms with E-state index in [9.17, 15) is 4.79 Å². The Hall–Kier alpha value is -2.28. The number of morpholine rings is 1. The minimum atomic E-state index is -0.105. The van der Waals surface area contributed by atoms with Crippen molar-refractivity contribution in [3.63, 3.8) is 0 Å². The largest absolute Gasteiger partial charge is 0.364 e. The van der Waals surface area contributed by atoms with Crippen LogP contribution in [0.3, 0.4) is 0 Å². The number of quaternary nitrogens is 1. The van der Waals surface area contributed by atoms with E-state index in [1.54, 1.807) is 11.3 Å². The first-order valence-corrected chi connectivity index (χ1v) is 11.0. The zero-order chi connectivity index (χ0) is 20.4. The average Bonchev–Trinajstić information content (AvgIpc) is 3.10. The minimum absolute atomic E-state index is 0.0558. The number of carbonyl (C=O) groups excluding carboxylic acids is 1. The van der Waals surface area contributed by atoms with Gasteiger partial charge >= 0.3 is 0 Å². The van der Waals surface area contributed by atoms with Crippen LogP contribution in [0.15, 0.2) is 48.5 Å². The molecule has 2 N–H and O–H groups in total. The lowest BCUT2D eigenvalue weighted by molar-refractivity contribution is -0.928. The maximum atomic E-state index is 12.7. The summed E-state index contributed by atoms with van der Waals surface area (Å²) in [7, 11) is 0. The predicted molar refractivity (Wildman–Crippen MR) is 118 cm³/mol. The van der Waals surface area contributed by atoms with Crippen molar-refractivity contribution in [3.8, 4) is 0 Å². The highest BCUT2D eigenvalue weighted by Crippen LogP contribution is 2.24. The number of hydrogen-bond acceptors (Lipinski definition) is 4. The molecule has 1 aliphatic rings. The second-order valence-corrected chi connectivity index (χ2v) is 9.10. The maximum Gasteiger partial charge on any atom is 0.282 e. The van der Waals surface area contributed by atoms with Crippen molar-refractivity contribution >= 4 is 33.1 Å². The fraction of sp³-hybridized carbons (Fsp3) is 0.391. The Balaban J connectivity index is 1.36. The third kappa shape index (κ3) is 4.83. The summed E-state index contributed by atoms with van der Waals surface area (Å²) in [6.07, 6.45) is 1.18. The number of para-hydroxylation sites is 1. The fourth-order valence-corrected chi connectivity index (χ4v) is 4.98. The Labute approximate surface area is 175 Å². The second-order valence-electron chi connectivity index (χ2n) is 7.98. The molecule has 1 aliphatic heterocycles. The van der Waals surface area contributed by atoms with Gasteiger partial charge in [-0.3, -0.25) is 4.79 Å². The van der Waals surface area contributed by atoms with Crippen LogP contribution in [0.25, 0.3) is 10.2 Å². The van der Waals surface area contributed by atoms with Crippen LogP contribution in [0, 0.1) is 0 Å². The summed E-state index contributed by atoms with van der Waals surface area (Å²) in [5.41, 5.74) is 3.08. The van der Waals surface area contributed by atoms with Gasteiger partial charge in [-0.1, -0.05) is 24.3 Å². The highest BCUT2D eigenvalue weighted by atomic mass is 32.1. The van der Waals surface area contributed by atoms with Crippen LogP contribution in [0.4, 0.5) is 5.69 Å². The van der Waals surface area contributed by atoms with Gasteiger partial charge in [0.2, 0.25) is 0 Å². The normalized spacial score (nSPS) is 23.1. The Morgan fingerprint density at radius 2 is 1.86 bits per heavy atom. The number of rotatable bonds is 5.